The Morgan fingerprint density at radius 1 is 1.29 bits per heavy atom. The lowest BCUT2D eigenvalue weighted by Gasteiger charge is -2.37. The van der Waals surface area contributed by atoms with Crippen molar-refractivity contribution in [1.82, 2.24) is 4.90 Å². The van der Waals surface area contributed by atoms with E-state index in [9.17, 15) is 9.59 Å². The van der Waals surface area contributed by atoms with Gasteiger partial charge in [-0.3, -0.25) is 4.79 Å². The molecule has 0 aromatic heterocycles. The van der Waals surface area contributed by atoms with Crippen molar-refractivity contribution >= 4 is 45.2 Å². The number of anilines is 1. The number of hydrogen-bond donors (Lipinski definition) is 1. The smallest absolute Gasteiger partial charge is 0.325 e. The van der Waals surface area contributed by atoms with Gasteiger partial charge in [0.05, 0.1) is 13.2 Å². The van der Waals surface area contributed by atoms with Crippen LogP contribution < -0.4 is 5.32 Å². The normalized spacial score (nSPS) is 16.4. The van der Waals surface area contributed by atoms with E-state index in [0.717, 1.165) is 15.6 Å². The predicted molar refractivity (Wildman–Crippen MR) is 95.2 cm³/mol. The fourth-order valence-corrected chi connectivity index (χ4v) is 3.36. The Bertz CT molecular complexity index is 812. The maximum atomic E-state index is 12.5. The Morgan fingerprint density at radius 3 is 2.75 bits per heavy atom. The lowest BCUT2D eigenvalue weighted by Crippen LogP contribution is -2.45. The van der Waals surface area contributed by atoms with Crippen LogP contribution in [-0.2, 0) is 9.53 Å². The Hall–Kier alpha value is -2.05. The SMILES string of the molecule is COC(=O)CN1C(=O)Nc2ccc(Br)cc2[C@H]1c1ccccc1Cl. The summed E-state index contributed by atoms with van der Waals surface area (Å²) in [5.74, 6) is -0.499. The molecule has 1 N–H and O–H groups in total. The van der Waals surface area contributed by atoms with Gasteiger partial charge in [-0.05, 0) is 29.8 Å². The molecule has 7 heteroatoms. The first-order chi connectivity index (χ1) is 11.5. The molecule has 1 heterocycles. The number of rotatable bonds is 3. The van der Waals surface area contributed by atoms with E-state index < -0.39 is 12.0 Å². The molecule has 0 aliphatic carbocycles. The van der Waals surface area contributed by atoms with Crippen LogP contribution >= 0.6 is 27.5 Å². The first-order valence-corrected chi connectivity index (χ1v) is 8.36. The van der Waals surface area contributed by atoms with E-state index in [4.69, 9.17) is 16.3 Å². The Labute approximate surface area is 152 Å². The number of carbonyl (C=O) groups is 2. The van der Waals surface area contributed by atoms with E-state index in [2.05, 4.69) is 21.2 Å². The van der Waals surface area contributed by atoms with Gasteiger partial charge in [0.25, 0.3) is 0 Å². The fourth-order valence-electron chi connectivity index (χ4n) is 2.74. The molecular weight excluding hydrogens is 396 g/mol. The second-order valence-electron chi connectivity index (χ2n) is 5.29. The topological polar surface area (TPSA) is 58.6 Å². The molecule has 24 heavy (non-hydrogen) atoms. The number of ether oxygens (including phenoxy) is 1. The van der Waals surface area contributed by atoms with Gasteiger partial charge in [-0.1, -0.05) is 45.7 Å². The predicted octanol–water partition coefficient (Wildman–Crippen LogP) is 4.21. The zero-order valence-electron chi connectivity index (χ0n) is 12.8. The number of carbonyl (C=O) groups excluding carboxylic acids is 2. The van der Waals surface area contributed by atoms with E-state index in [1.165, 1.54) is 12.0 Å². The van der Waals surface area contributed by atoms with Crippen molar-refractivity contribution in [2.45, 2.75) is 6.04 Å². The third kappa shape index (κ3) is 3.12. The van der Waals surface area contributed by atoms with E-state index in [1.54, 1.807) is 6.07 Å². The summed E-state index contributed by atoms with van der Waals surface area (Å²) in [7, 11) is 1.29. The Morgan fingerprint density at radius 2 is 2.04 bits per heavy atom. The van der Waals surface area contributed by atoms with E-state index in [1.807, 2.05) is 36.4 Å². The number of amides is 2. The van der Waals surface area contributed by atoms with Crippen molar-refractivity contribution in [2.24, 2.45) is 0 Å². The summed E-state index contributed by atoms with van der Waals surface area (Å²) in [5.41, 5.74) is 2.28. The number of urea groups is 1. The Balaban J connectivity index is 2.16. The minimum absolute atomic E-state index is 0.176. The third-order valence-corrected chi connectivity index (χ3v) is 4.69. The van der Waals surface area contributed by atoms with Crippen LogP contribution in [0, 0.1) is 0 Å². The summed E-state index contributed by atoms with van der Waals surface area (Å²) in [4.78, 5) is 25.7. The van der Waals surface area contributed by atoms with Crippen molar-refractivity contribution in [3.05, 3.63) is 63.1 Å². The van der Waals surface area contributed by atoms with Crippen molar-refractivity contribution in [3.63, 3.8) is 0 Å². The summed E-state index contributed by atoms with van der Waals surface area (Å²) in [6.45, 7) is -0.176. The highest BCUT2D eigenvalue weighted by molar-refractivity contribution is 9.10. The Kier molecular flexibility index (Phi) is 4.78. The number of halogens is 2. The fraction of sp³-hybridized carbons (Fsp3) is 0.176. The molecule has 1 aliphatic rings. The van der Waals surface area contributed by atoms with E-state index in [0.29, 0.717) is 10.7 Å². The van der Waals surface area contributed by atoms with Crippen LogP contribution in [-0.4, -0.2) is 30.6 Å². The highest BCUT2D eigenvalue weighted by Crippen LogP contribution is 2.41. The monoisotopic (exact) mass is 408 g/mol. The summed E-state index contributed by atoms with van der Waals surface area (Å²) < 4.78 is 5.59. The lowest BCUT2D eigenvalue weighted by molar-refractivity contribution is -0.141. The van der Waals surface area contributed by atoms with Crippen LogP contribution in [0.5, 0.6) is 0 Å². The highest BCUT2D eigenvalue weighted by Gasteiger charge is 2.36. The number of fused-ring (bicyclic) bond motifs is 1. The molecule has 0 saturated heterocycles. The van der Waals surface area contributed by atoms with Crippen LogP contribution in [0.3, 0.4) is 0 Å². The number of hydrogen-bond acceptors (Lipinski definition) is 3. The van der Waals surface area contributed by atoms with Gasteiger partial charge in [0.2, 0.25) is 0 Å². The molecule has 5 nitrogen and oxygen atoms in total. The molecule has 2 aromatic carbocycles. The lowest BCUT2D eigenvalue weighted by atomic mass is 9.94. The van der Waals surface area contributed by atoms with E-state index >= 15 is 0 Å². The average molecular weight is 410 g/mol. The molecule has 124 valence electrons. The first-order valence-electron chi connectivity index (χ1n) is 7.19. The van der Waals surface area contributed by atoms with Crippen molar-refractivity contribution in [1.29, 1.82) is 0 Å². The number of nitrogens with zero attached hydrogens (tertiary/aromatic N) is 1. The molecule has 0 unspecified atom stereocenters. The van der Waals surface area contributed by atoms with Gasteiger partial charge in [0.1, 0.15) is 6.54 Å². The van der Waals surface area contributed by atoms with E-state index in [-0.39, 0.29) is 12.6 Å². The van der Waals surface area contributed by atoms with Crippen LogP contribution in [0.4, 0.5) is 10.5 Å². The number of nitrogens with one attached hydrogen (secondary N) is 1. The number of benzene rings is 2. The molecule has 0 radical (unpaired) electrons. The average Bonchev–Trinajstić information content (AvgIpc) is 2.57. The second-order valence-corrected chi connectivity index (χ2v) is 6.61. The summed E-state index contributed by atoms with van der Waals surface area (Å²) in [6.07, 6.45) is 0. The molecular formula is C17H14BrClN2O3. The van der Waals surface area contributed by atoms with Crippen LogP contribution in [0.25, 0.3) is 0 Å². The van der Waals surface area contributed by atoms with Crippen molar-refractivity contribution in [2.75, 3.05) is 19.0 Å². The molecule has 1 aliphatic heterocycles. The minimum atomic E-state index is -0.499. The first kappa shape index (κ1) is 16.8. The zero-order chi connectivity index (χ0) is 17.3. The summed E-state index contributed by atoms with van der Waals surface area (Å²) >= 11 is 9.81. The van der Waals surface area contributed by atoms with Crippen molar-refractivity contribution in [3.8, 4) is 0 Å². The highest BCUT2D eigenvalue weighted by atomic mass is 79.9. The molecule has 0 spiro atoms. The molecule has 0 bridgehead atoms. The van der Waals surface area contributed by atoms with Gasteiger partial charge < -0.3 is 15.0 Å². The van der Waals surface area contributed by atoms with Gasteiger partial charge in [-0.25, -0.2) is 4.79 Å². The zero-order valence-corrected chi connectivity index (χ0v) is 15.1. The molecule has 2 amide bonds. The van der Waals surface area contributed by atoms with Crippen molar-refractivity contribution < 1.29 is 14.3 Å². The number of esters is 1. The van der Waals surface area contributed by atoms with Crippen LogP contribution in [0.15, 0.2) is 46.9 Å². The quantitative estimate of drug-likeness (QED) is 0.773. The van der Waals surface area contributed by atoms with Crippen LogP contribution in [0.2, 0.25) is 5.02 Å². The molecule has 0 fully saturated rings. The second kappa shape index (κ2) is 6.83. The summed E-state index contributed by atoms with van der Waals surface area (Å²) in [6, 6.07) is 12.0. The van der Waals surface area contributed by atoms with Gasteiger partial charge in [-0.2, -0.15) is 0 Å². The number of methoxy groups -OCH3 is 1. The van der Waals surface area contributed by atoms with Gasteiger partial charge in [0.15, 0.2) is 0 Å². The van der Waals surface area contributed by atoms with Crippen LogP contribution in [0.1, 0.15) is 17.2 Å². The molecule has 2 aromatic rings. The van der Waals surface area contributed by atoms with Gasteiger partial charge >= 0.3 is 12.0 Å². The maximum absolute atomic E-state index is 12.5. The largest absolute Gasteiger partial charge is 0.468 e. The molecule has 0 saturated carbocycles. The molecule has 3 rings (SSSR count). The minimum Gasteiger partial charge on any atom is -0.468 e. The van der Waals surface area contributed by atoms with Gasteiger partial charge in [-0.15, -0.1) is 0 Å². The van der Waals surface area contributed by atoms with Gasteiger partial charge in [0, 0.05) is 20.7 Å². The third-order valence-electron chi connectivity index (χ3n) is 3.85. The summed E-state index contributed by atoms with van der Waals surface area (Å²) in [5, 5.41) is 3.33. The standard InChI is InChI=1S/C17H14BrClN2O3/c1-24-15(22)9-21-16(11-4-2-3-5-13(11)19)12-8-10(18)6-7-14(12)20-17(21)23/h2-8,16H,9H2,1H3,(H,20,23)/t16-/m1/s1. The molecule has 1 atom stereocenters. The maximum Gasteiger partial charge on any atom is 0.325 e.